The molecule has 6 nitrogen and oxygen atoms in total. The smallest absolute Gasteiger partial charge is 0.262 e. The van der Waals surface area contributed by atoms with Gasteiger partial charge in [-0.25, -0.2) is 8.42 Å². The predicted octanol–water partition coefficient (Wildman–Crippen LogP) is 2.75. The zero-order valence-electron chi connectivity index (χ0n) is 13.2. The van der Waals surface area contributed by atoms with Gasteiger partial charge in [-0.2, -0.15) is 0 Å². The van der Waals surface area contributed by atoms with E-state index in [2.05, 4.69) is 5.32 Å². The van der Waals surface area contributed by atoms with E-state index in [-0.39, 0.29) is 12.5 Å². The third kappa shape index (κ3) is 4.87. The topological polar surface area (TPSA) is 75.7 Å². The van der Waals surface area contributed by atoms with Crippen molar-refractivity contribution in [1.82, 2.24) is 0 Å². The number of sulfonamides is 1. The molecule has 0 aliphatic carbocycles. The number of para-hydroxylation sites is 1. The molecular formula is C16H17ClN2O4S. The van der Waals surface area contributed by atoms with E-state index < -0.39 is 10.0 Å². The number of anilines is 2. The van der Waals surface area contributed by atoms with Crippen LogP contribution in [0, 0.1) is 0 Å². The fourth-order valence-electron chi connectivity index (χ4n) is 1.84. The van der Waals surface area contributed by atoms with Crippen LogP contribution in [0.15, 0.2) is 48.5 Å². The Balaban J connectivity index is 1.93. The zero-order valence-corrected chi connectivity index (χ0v) is 14.8. The maximum absolute atomic E-state index is 11.9. The van der Waals surface area contributed by atoms with Gasteiger partial charge in [-0.05, 0) is 36.4 Å². The van der Waals surface area contributed by atoms with E-state index in [4.69, 9.17) is 16.3 Å². The Labute approximate surface area is 146 Å². The molecule has 0 atom stereocenters. The van der Waals surface area contributed by atoms with Crippen LogP contribution in [-0.2, 0) is 14.8 Å². The van der Waals surface area contributed by atoms with E-state index in [1.165, 1.54) is 7.05 Å². The molecular weight excluding hydrogens is 352 g/mol. The molecule has 2 rings (SSSR count). The van der Waals surface area contributed by atoms with Crippen molar-refractivity contribution in [3.05, 3.63) is 53.6 Å². The quantitative estimate of drug-likeness (QED) is 0.850. The molecule has 1 amide bonds. The van der Waals surface area contributed by atoms with Crippen LogP contribution < -0.4 is 14.4 Å². The molecule has 0 radical (unpaired) electrons. The fraction of sp³-hybridized carbons (Fsp3) is 0.188. The number of ether oxygens (including phenoxy) is 1. The number of halogens is 1. The molecule has 1 N–H and O–H groups in total. The van der Waals surface area contributed by atoms with Gasteiger partial charge in [0.2, 0.25) is 10.0 Å². The third-order valence-corrected chi connectivity index (χ3v) is 4.75. The summed E-state index contributed by atoms with van der Waals surface area (Å²) in [7, 11) is -1.86. The normalized spacial score (nSPS) is 11.0. The van der Waals surface area contributed by atoms with E-state index >= 15 is 0 Å². The zero-order chi connectivity index (χ0) is 17.7. The number of hydrogen-bond acceptors (Lipinski definition) is 4. The van der Waals surface area contributed by atoms with Gasteiger partial charge in [-0.1, -0.05) is 23.7 Å². The average Bonchev–Trinajstić information content (AvgIpc) is 2.54. The highest BCUT2D eigenvalue weighted by atomic mass is 35.5. The van der Waals surface area contributed by atoms with Gasteiger partial charge < -0.3 is 10.1 Å². The maximum atomic E-state index is 11.9. The Bertz CT molecular complexity index is 822. The Hall–Kier alpha value is -2.25. The molecule has 0 saturated heterocycles. The third-order valence-electron chi connectivity index (χ3n) is 3.22. The molecule has 0 unspecified atom stereocenters. The summed E-state index contributed by atoms with van der Waals surface area (Å²) in [6.07, 6.45) is 1.12. The molecule has 0 aliphatic heterocycles. The van der Waals surface area contributed by atoms with Gasteiger partial charge in [-0.3, -0.25) is 9.10 Å². The fourth-order valence-corrected chi connectivity index (χ4v) is 2.53. The van der Waals surface area contributed by atoms with Crippen molar-refractivity contribution < 1.29 is 17.9 Å². The van der Waals surface area contributed by atoms with Gasteiger partial charge in [-0.15, -0.1) is 0 Å². The van der Waals surface area contributed by atoms with Gasteiger partial charge in [0.25, 0.3) is 5.91 Å². The Morgan fingerprint density at radius 3 is 2.38 bits per heavy atom. The summed E-state index contributed by atoms with van der Waals surface area (Å²) in [5, 5.41) is 3.09. The summed E-state index contributed by atoms with van der Waals surface area (Å²) in [6, 6.07) is 13.3. The molecule has 0 heterocycles. The lowest BCUT2D eigenvalue weighted by Crippen LogP contribution is -2.24. The summed E-state index contributed by atoms with van der Waals surface area (Å²) in [5.41, 5.74) is 1.02. The van der Waals surface area contributed by atoms with E-state index in [0.717, 1.165) is 10.6 Å². The molecule has 0 saturated carbocycles. The minimum absolute atomic E-state index is 0.188. The predicted molar refractivity (Wildman–Crippen MR) is 95.3 cm³/mol. The van der Waals surface area contributed by atoms with Gasteiger partial charge in [0, 0.05) is 7.05 Å². The molecule has 2 aromatic rings. The van der Waals surface area contributed by atoms with Crippen molar-refractivity contribution in [2.75, 3.05) is 29.5 Å². The van der Waals surface area contributed by atoms with Crippen LogP contribution in [0.4, 0.5) is 11.4 Å². The van der Waals surface area contributed by atoms with Crippen molar-refractivity contribution in [3.63, 3.8) is 0 Å². The van der Waals surface area contributed by atoms with Crippen molar-refractivity contribution in [2.45, 2.75) is 0 Å². The van der Waals surface area contributed by atoms with Crippen LogP contribution in [0.3, 0.4) is 0 Å². The lowest BCUT2D eigenvalue weighted by molar-refractivity contribution is -0.118. The van der Waals surface area contributed by atoms with Gasteiger partial charge in [0.15, 0.2) is 6.61 Å². The first kappa shape index (κ1) is 18.1. The van der Waals surface area contributed by atoms with E-state index in [1.807, 2.05) is 0 Å². The lowest BCUT2D eigenvalue weighted by Gasteiger charge is -2.16. The molecule has 24 heavy (non-hydrogen) atoms. The highest BCUT2D eigenvalue weighted by molar-refractivity contribution is 7.92. The summed E-state index contributed by atoms with van der Waals surface area (Å²) in [6.45, 7) is -0.188. The number of hydrogen-bond donors (Lipinski definition) is 1. The Morgan fingerprint density at radius 2 is 1.79 bits per heavy atom. The molecule has 0 bridgehead atoms. The van der Waals surface area contributed by atoms with Crippen molar-refractivity contribution in [2.24, 2.45) is 0 Å². The molecule has 2 aromatic carbocycles. The highest BCUT2D eigenvalue weighted by Crippen LogP contribution is 2.21. The number of carbonyl (C=O) groups is 1. The van der Waals surface area contributed by atoms with E-state index in [1.54, 1.807) is 48.5 Å². The Morgan fingerprint density at radius 1 is 1.17 bits per heavy atom. The maximum Gasteiger partial charge on any atom is 0.262 e. The van der Waals surface area contributed by atoms with E-state index in [9.17, 15) is 13.2 Å². The summed E-state index contributed by atoms with van der Waals surface area (Å²) in [5.74, 6) is 0.107. The molecule has 0 aromatic heterocycles. The van der Waals surface area contributed by atoms with Crippen molar-refractivity contribution in [3.8, 4) is 5.75 Å². The Kier molecular flexibility index (Phi) is 5.69. The first-order chi connectivity index (χ1) is 11.3. The number of rotatable bonds is 6. The molecule has 0 aliphatic rings. The standard InChI is InChI=1S/C16H17ClN2O4S/c1-19(24(2,21)22)12-7-9-13(10-8-12)23-11-16(20)18-15-6-4-3-5-14(15)17/h3-10H,11H2,1-2H3,(H,18,20). The molecule has 0 fully saturated rings. The van der Waals surface area contributed by atoms with Crippen molar-refractivity contribution >= 4 is 38.9 Å². The minimum Gasteiger partial charge on any atom is -0.484 e. The van der Waals surface area contributed by atoms with Crippen LogP contribution in [0.5, 0.6) is 5.75 Å². The largest absolute Gasteiger partial charge is 0.484 e. The van der Waals surface area contributed by atoms with Crippen LogP contribution >= 0.6 is 11.6 Å². The van der Waals surface area contributed by atoms with Crippen LogP contribution in [0.1, 0.15) is 0 Å². The molecule has 0 spiro atoms. The second kappa shape index (κ2) is 7.55. The summed E-state index contributed by atoms with van der Waals surface area (Å²) >= 11 is 5.96. The van der Waals surface area contributed by atoms with Crippen LogP contribution in [0.2, 0.25) is 5.02 Å². The number of carbonyl (C=O) groups excluding carboxylic acids is 1. The lowest BCUT2D eigenvalue weighted by atomic mass is 10.3. The van der Waals surface area contributed by atoms with Crippen LogP contribution in [0.25, 0.3) is 0 Å². The average molecular weight is 369 g/mol. The number of nitrogens with zero attached hydrogens (tertiary/aromatic N) is 1. The summed E-state index contributed by atoms with van der Waals surface area (Å²) < 4.78 is 29.5. The van der Waals surface area contributed by atoms with Crippen LogP contribution in [-0.4, -0.2) is 34.2 Å². The van der Waals surface area contributed by atoms with Gasteiger partial charge in [0.1, 0.15) is 5.75 Å². The van der Waals surface area contributed by atoms with Crippen molar-refractivity contribution in [1.29, 1.82) is 0 Å². The highest BCUT2D eigenvalue weighted by Gasteiger charge is 2.12. The minimum atomic E-state index is -3.32. The number of nitrogens with one attached hydrogen (secondary N) is 1. The molecule has 8 heteroatoms. The van der Waals surface area contributed by atoms with E-state index in [0.29, 0.717) is 22.1 Å². The van der Waals surface area contributed by atoms with Gasteiger partial charge in [0.05, 0.1) is 22.7 Å². The SMILES string of the molecule is CN(c1ccc(OCC(=O)Nc2ccccc2Cl)cc1)S(C)(=O)=O. The van der Waals surface area contributed by atoms with Gasteiger partial charge >= 0.3 is 0 Å². The second-order valence-corrected chi connectivity index (χ2v) is 7.46. The second-order valence-electron chi connectivity index (χ2n) is 5.04. The first-order valence-corrected chi connectivity index (χ1v) is 9.21. The molecule has 128 valence electrons. The summed E-state index contributed by atoms with van der Waals surface area (Å²) in [4.78, 5) is 11.9. The first-order valence-electron chi connectivity index (χ1n) is 6.98. The number of benzene rings is 2. The number of amides is 1. The monoisotopic (exact) mass is 368 g/mol.